The van der Waals surface area contributed by atoms with Crippen LogP contribution in [0.2, 0.25) is 0 Å². The summed E-state index contributed by atoms with van der Waals surface area (Å²) in [7, 11) is 3.16. The van der Waals surface area contributed by atoms with Crippen LogP contribution in [0, 0.1) is 5.92 Å². The zero-order chi connectivity index (χ0) is 26.2. The second-order valence-electron chi connectivity index (χ2n) is 9.15. The monoisotopic (exact) mass is 506 g/mol. The second-order valence-corrected chi connectivity index (χ2v) is 9.15. The fourth-order valence-corrected chi connectivity index (χ4v) is 4.64. The molecule has 2 fully saturated rings. The average Bonchev–Trinajstić information content (AvgIpc) is 3.34. The number of para-hydroxylation sites is 1. The third kappa shape index (κ3) is 6.68. The van der Waals surface area contributed by atoms with Gasteiger partial charge in [-0.2, -0.15) is 0 Å². The highest BCUT2D eigenvalue weighted by Gasteiger charge is 2.35. The number of ether oxygens (including phenoxy) is 2. The first kappa shape index (κ1) is 26.2. The Hall–Kier alpha value is -3.85. The molecule has 0 aromatic heterocycles. The van der Waals surface area contributed by atoms with Gasteiger partial charge in [-0.05, 0) is 35.9 Å². The molecule has 3 amide bonds. The number of carbonyl (C=O) groups is 3. The fraction of sp³-hybridized carbons (Fsp3) is 0.393. The zero-order valence-electron chi connectivity index (χ0n) is 21.4. The van der Waals surface area contributed by atoms with Crippen molar-refractivity contribution < 1.29 is 23.9 Å². The maximum Gasteiger partial charge on any atom is 0.246 e. The maximum atomic E-state index is 12.6. The highest BCUT2D eigenvalue weighted by molar-refractivity contribution is 6.00. The molecule has 1 N–H and O–H groups in total. The van der Waals surface area contributed by atoms with Crippen LogP contribution in [-0.2, 0) is 14.4 Å². The molecule has 2 heterocycles. The fourth-order valence-electron chi connectivity index (χ4n) is 4.64. The molecule has 0 bridgehead atoms. The molecule has 37 heavy (non-hydrogen) atoms. The number of nitrogens with zero attached hydrogens (tertiary/aromatic N) is 3. The summed E-state index contributed by atoms with van der Waals surface area (Å²) in [4.78, 5) is 43.4. The normalized spacial score (nSPS) is 18.3. The van der Waals surface area contributed by atoms with Crippen LogP contribution in [-0.4, -0.2) is 87.6 Å². The van der Waals surface area contributed by atoms with E-state index in [4.69, 9.17) is 9.47 Å². The van der Waals surface area contributed by atoms with Gasteiger partial charge in [0.25, 0.3) is 0 Å². The third-order valence-electron chi connectivity index (χ3n) is 6.80. The van der Waals surface area contributed by atoms with Gasteiger partial charge in [-0.1, -0.05) is 24.3 Å². The number of rotatable bonds is 9. The van der Waals surface area contributed by atoms with E-state index in [2.05, 4.69) is 10.2 Å². The molecule has 2 aliphatic heterocycles. The van der Waals surface area contributed by atoms with Crippen molar-refractivity contribution in [3.8, 4) is 11.5 Å². The Morgan fingerprint density at radius 3 is 2.43 bits per heavy atom. The minimum absolute atomic E-state index is 0.0210. The molecule has 9 nitrogen and oxygen atoms in total. The van der Waals surface area contributed by atoms with Crippen LogP contribution in [0.25, 0.3) is 6.08 Å². The van der Waals surface area contributed by atoms with Gasteiger partial charge in [0.15, 0.2) is 11.5 Å². The number of carbonyl (C=O) groups excluding carboxylic acids is 3. The van der Waals surface area contributed by atoms with Gasteiger partial charge in [-0.25, -0.2) is 0 Å². The maximum absolute atomic E-state index is 12.6. The molecule has 196 valence electrons. The molecule has 2 aromatic carbocycles. The summed E-state index contributed by atoms with van der Waals surface area (Å²) in [6, 6.07) is 15.0. The van der Waals surface area contributed by atoms with E-state index in [1.807, 2.05) is 53.4 Å². The largest absolute Gasteiger partial charge is 0.493 e. The van der Waals surface area contributed by atoms with E-state index >= 15 is 0 Å². The number of amides is 3. The Morgan fingerprint density at radius 2 is 1.73 bits per heavy atom. The van der Waals surface area contributed by atoms with Crippen LogP contribution >= 0.6 is 0 Å². The van der Waals surface area contributed by atoms with E-state index in [9.17, 15) is 14.4 Å². The molecule has 0 spiro atoms. The van der Waals surface area contributed by atoms with Gasteiger partial charge in [0.1, 0.15) is 0 Å². The Morgan fingerprint density at radius 1 is 1.00 bits per heavy atom. The van der Waals surface area contributed by atoms with Gasteiger partial charge in [0.2, 0.25) is 17.7 Å². The van der Waals surface area contributed by atoms with Gasteiger partial charge < -0.3 is 24.6 Å². The quantitative estimate of drug-likeness (QED) is 0.524. The number of methoxy groups -OCH3 is 2. The summed E-state index contributed by atoms with van der Waals surface area (Å²) in [5.41, 5.74) is 1.69. The van der Waals surface area contributed by atoms with Crippen LogP contribution in [0.15, 0.2) is 54.6 Å². The number of hydrogen-bond acceptors (Lipinski definition) is 6. The van der Waals surface area contributed by atoms with Gasteiger partial charge >= 0.3 is 0 Å². The Bertz CT molecular complexity index is 1130. The van der Waals surface area contributed by atoms with Crippen LogP contribution < -0.4 is 19.7 Å². The van der Waals surface area contributed by atoms with E-state index in [0.717, 1.165) is 24.3 Å². The summed E-state index contributed by atoms with van der Waals surface area (Å²) in [6.07, 6.45) is 3.59. The summed E-state index contributed by atoms with van der Waals surface area (Å²) < 4.78 is 10.6. The van der Waals surface area contributed by atoms with Crippen molar-refractivity contribution in [3.63, 3.8) is 0 Å². The van der Waals surface area contributed by atoms with Gasteiger partial charge in [0, 0.05) is 64.0 Å². The average molecular weight is 507 g/mol. The van der Waals surface area contributed by atoms with E-state index in [0.29, 0.717) is 44.2 Å². The number of piperazine rings is 1. The number of nitrogens with one attached hydrogen (secondary N) is 1. The topological polar surface area (TPSA) is 91.4 Å². The zero-order valence-corrected chi connectivity index (χ0v) is 21.4. The Labute approximate surface area is 217 Å². The summed E-state index contributed by atoms with van der Waals surface area (Å²) in [6.45, 7) is 4.38. The highest BCUT2D eigenvalue weighted by Crippen LogP contribution is 2.28. The van der Waals surface area contributed by atoms with E-state index in [1.165, 1.54) is 0 Å². The lowest BCUT2D eigenvalue weighted by molar-refractivity contribution is -0.127. The first-order valence-electron chi connectivity index (χ1n) is 12.5. The molecular weight excluding hydrogens is 472 g/mol. The summed E-state index contributed by atoms with van der Waals surface area (Å²) in [5.74, 6) is 0.791. The van der Waals surface area contributed by atoms with Crippen molar-refractivity contribution in [1.29, 1.82) is 0 Å². The first-order chi connectivity index (χ1) is 18.0. The molecule has 0 saturated carbocycles. The van der Waals surface area contributed by atoms with Crippen LogP contribution in [0.5, 0.6) is 11.5 Å². The molecule has 1 unspecified atom stereocenters. The summed E-state index contributed by atoms with van der Waals surface area (Å²) in [5, 5.41) is 2.98. The van der Waals surface area contributed by atoms with Crippen molar-refractivity contribution >= 4 is 29.5 Å². The lowest BCUT2D eigenvalue weighted by atomic mass is 10.1. The van der Waals surface area contributed by atoms with E-state index < -0.39 is 0 Å². The number of benzene rings is 2. The lowest BCUT2D eigenvalue weighted by Gasteiger charge is -2.34. The molecule has 2 aromatic rings. The molecule has 2 aliphatic rings. The lowest BCUT2D eigenvalue weighted by Crippen LogP contribution is -2.50. The predicted octanol–water partition coefficient (Wildman–Crippen LogP) is 2.03. The van der Waals surface area contributed by atoms with Crippen molar-refractivity contribution in [2.75, 3.05) is 64.9 Å². The highest BCUT2D eigenvalue weighted by atomic mass is 16.5. The second kappa shape index (κ2) is 12.4. The smallest absolute Gasteiger partial charge is 0.246 e. The first-order valence-corrected chi connectivity index (χ1v) is 12.5. The van der Waals surface area contributed by atoms with Crippen molar-refractivity contribution in [2.45, 2.75) is 6.42 Å². The van der Waals surface area contributed by atoms with E-state index in [1.54, 1.807) is 31.3 Å². The molecular formula is C28H34N4O5. The number of hydrogen-bond donors (Lipinski definition) is 1. The standard InChI is InChI=1S/C28H34N4O5/c1-36-24-10-8-21(18-25(24)37-2)9-11-26(33)31-16-14-30(15-17-31)13-12-29-28(35)22-19-27(34)32(20-22)23-6-4-3-5-7-23/h3-11,18,22H,12-17,19-20H2,1-2H3,(H,29,35). The number of anilines is 1. The van der Waals surface area contributed by atoms with Gasteiger partial charge in [-0.15, -0.1) is 0 Å². The molecule has 0 radical (unpaired) electrons. The predicted molar refractivity (Wildman–Crippen MR) is 142 cm³/mol. The molecule has 2 saturated heterocycles. The third-order valence-corrected chi connectivity index (χ3v) is 6.80. The van der Waals surface area contributed by atoms with Crippen LogP contribution in [0.1, 0.15) is 12.0 Å². The molecule has 9 heteroatoms. The molecule has 4 rings (SSSR count). The minimum Gasteiger partial charge on any atom is -0.493 e. The van der Waals surface area contributed by atoms with Gasteiger partial charge in [-0.3, -0.25) is 19.3 Å². The molecule has 1 atom stereocenters. The van der Waals surface area contributed by atoms with Crippen molar-refractivity contribution in [3.05, 3.63) is 60.2 Å². The Balaban J connectivity index is 1.17. The van der Waals surface area contributed by atoms with Gasteiger partial charge in [0.05, 0.1) is 20.1 Å². The Kier molecular flexibility index (Phi) is 8.79. The van der Waals surface area contributed by atoms with Crippen LogP contribution in [0.3, 0.4) is 0 Å². The van der Waals surface area contributed by atoms with E-state index in [-0.39, 0.29) is 30.1 Å². The summed E-state index contributed by atoms with van der Waals surface area (Å²) >= 11 is 0. The van der Waals surface area contributed by atoms with Crippen LogP contribution in [0.4, 0.5) is 5.69 Å². The van der Waals surface area contributed by atoms with Crippen molar-refractivity contribution in [2.24, 2.45) is 5.92 Å². The minimum atomic E-state index is -0.334. The SMILES string of the molecule is COc1ccc(C=CC(=O)N2CCN(CCNC(=O)C3CC(=O)N(c4ccccc4)C3)CC2)cc1OC. The molecule has 0 aliphatic carbocycles. The van der Waals surface area contributed by atoms with Crippen molar-refractivity contribution in [1.82, 2.24) is 15.1 Å².